The summed E-state index contributed by atoms with van der Waals surface area (Å²) in [4.78, 5) is 36.4. The lowest BCUT2D eigenvalue weighted by Gasteiger charge is -2.26. The summed E-state index contributed by atoms with van der Waals surface area (Å²) >= 11 is 0. The Balaban J connectivity index is 1.46. The summed E-state index contributed by atoms with van der Waals surface area (Å²) in [6.07, 6.45) is 3.48. The van der Waals surface area contributed by atoms with Crippen LogP contribution in [0.4, 0.5) is 8.78 Å². The molecule has 5 heterocycles. The molecule has 1 saturated heterocycles. The number of hydrogen-bond acceptors (Lipinski definition) is 7. The Morgan fingerprint density at radius 3 is 2.81 bits per heavy atom. The smallest absolute Gasteiger partial charge is 0.243 e. The van der Waals surface area contributed by atoms with Crippen molar-refractivity contribution < 1.29 is 18.4 Å². The first-order valence-corrected chi connectivity index (χ1v) is 12.1. The van der Waals surface area contributed by atoms with Crippen molar-refractivity contribution in [2.75, 3.05) is 6.54 Å². The molecule has 3 atom stereocenters. The maximum absolute atomic E-state index is 14.9. The fourth-order valence-corrected chi connectivity index (χ4v) is 4.70. The van der Waals surface area contributed by atoms with E-state index in [4.69, 9.17) is 0 Å². The SMILES string of the molecule is CC(C)c1ccc(C(NC(=O)[C@@H]2C[C@@H](F)CN2C(=O)CC2=CNNN2)c2ncn3ccccc23)nc1F. The van der Waals surface area contributed by atoms with E-state index in [9.17, 15) is 18.4 Å². The third-order valence-electron chi connectivity index (χ3n) is 6.61. The van der Waals surface area contributed by atoms with E-state index in [2.05, 4.69) is 31.7 Å². The maximum atomic E-state index is 14.9. The van der Waals surface area contributed by atoms with Crippen LogP contribution in [0.5, 0.6) is 0 Å². The van der Waals surface area contributed by atoms with E-state index in [1.165, 1.54) is 4.90 Å². The zero-order valence-electron chi connectivity index (χ0n) is 20.4. The van der Waals surface area contributed by atoms with Crippen molar-refractivity contribution in [1.82, 2.24) is 41.0 Å². The Bertz CT molecular complexity index is 1360. The minimum atomic E-state index is -1.34. The minimum absolute atomic E-state index is 0.0327. The number of alkyl halides is 1. The van der Waals surface area contributed by atoms with E-state index in [0.717, 1.165) is 0 Å². The molecule has 0 radical (unpaired) electrons. The molecule has 37 heavy (non-hydrogen) atoms. The van der Waals surface area contributed by atoms with Crippen LogP contribution in [0, 0.1) is 5.95 Å². The first-order valence-electron chi connectivity index (χ1n) is 12.1. The normalized spacial score (nSPS) is 20.0. The second-order valence-electron chi connectivity index (χ2n) is 9.47. The molecule has 12 heteroatoms. The van der Waals surface area contributed by atoms with E-state index in [-0.39, 0.29) is 36.9 Å². The Kier molecular flexibility index (Phi) is 6.74. The summed E-state index contributed by atoms with van der Waals surface area (Å²) < 4.78 is 31.1. The van der Waals surface area contributed by atoms with E-state index in [0.29, 0.717) is 22.5 Å². The Morgan fingerprint density at radius 2 is 2.08 bits per heavy atom. The lowest BCUT2D eigenvalue weighted by atomic mass is 10.0. The van der Waals surface area contributed by atoms with Crippen molar-refractivity contribution >= 4 is 17.3 Å². The third kappa shape index (κ3) is 4.96. The minimum Gasteiger partial charge on any atom is -0.340 e. The van der Waals surface area contributed by atoms with E-state index >= 15 is 0 Å². The van der Waals surface area contributed by atoms with Gasteiger partial charge in [-0.3, -0.25) is 9.59 Å². The molecule has 194 valence electrons. The fourth-order valence-electron chi connectivity index (χ4n) is 4.70. The van der Waals surface area contributed by atoms with Crippen LogP contribution in [-0.2, 0) is 9.59 Å². The molecular weight excluding hydrogens is 482 g/mol. The van der Waals surface area contributed by atoms with Crippen LogP contribution < -0.4 is 21.7 Å². The summed E-state index contributed by atoms with van der Waals surface area (Å²) in [5.41, 5.74) is 10.6. The maximum Gasteiger partial charge on any atom is 0.243 e. The molecular formula is C25H28F2N8O2. The average Bonchev–Trinajstić information content (AvgIpc) is 3.62. The van der Waals surface area contributed by atoms with Gasteiger partial charge in [-0.15, -0.1) is 0 Å². The number of rotatable bonds is 7. The Morgan fingerprint density at radius 1 is 1.24 bits per heavy atom. The van der Waals surface area contributed by atoms with Crippen molar-refractivity contribution in [2.45, 2.75) is 50.9 Å². The van der Waals surface area contributed by atoms with E-state index in [1.807, 2.05) is 32.0 Å². The van der Waals surface area contributed by atoms with Crippen LogP contribution in [0.1, 0.15) is 55.6 Å². The molecule has 1 fully saturated rings. The fraction of sp³-hybridized carbons (Fsp3) is 0.360. The number of carbonyl (C=O) groups is 2. The molecule has 3 aromatic heterocycles. The number of fused-ring (bicyclic) bond motifs is 1. The van der Waals surface area contributed by atoms with Crippen LogP contribution in [0.25, 0.3) is 5.52 Å². The van der Waals surface area contributed by atoms with Gasteiger partial charge in [0.2, 0.25) is 17.8 Å². The second kappa shape index (κ2) is 10.1. The van der Waals surface area contributed by atoms with Crippen LogP contribution in [0.15, 0.2) is 54.8 Å². The van der Waals surface area contributed by atoms with Crippen molar-refractivity contribution in [3.8, 4) is 0 Å². The second-order valence-corrected chi connectivity index (χ2v) is 9.47. The van der Waals surface area contributed by atoms with Gasteiger partial charge >= 0.3 is 0 Å². The molecule has 4 N–H and O–H groups in total. The summed E-state index contributed by atoms with van der Waals surface area (Å²) in [5.74, 6) is -1.65. The topological polar surface area (TPSA) is 116 Å². The number of amides is 2. The van der Waals surface area contributed by atoms with Gasteiger partial charge in [0.1, 0.15) is 18.3 Å². The van der Waals surface area contributed by atoms with Crippen molar-refractivity contribution in [2.24, 2.45) is 0 Å². The van der Waals surface area contributed by atoms with Gasteiger partial charge < -0.3 is 25.5 Å². The largest absolute Gasteiger partial charge is 0.340 e. The molecule has 1 unspecified atom stereocenters. The van der Waals surface area contributed by atoms with Gasteiger partial charge in [0, 0.05) is 24.4 Å². The number of aromatic nitrogens is 3. The Labute approximate surface area is 212 Å². The number of nitrogens with zero attached hydrogens (tertiary/aromatic N) is 4. The van der Waals surface area contributed by atoms with Gasteiger partial charge in [0.15, 0.2) is 0 Å². The first kappa shape index (κ1) is 24.6. The predicted molar refractivity (Wildman–Crippen MR) is 131 cm³/mol. The highest BCUT2D eigenvalue weighted by Crippen LogP contribution is 2.28. The molecule has 2 aliphatic rings. The first-order chi connectivity index (χ1) is 17.8. The van der Waals surface area contributed by atoms with Crippen molar-refractivity contribution in [3.05, 3.63) is 77.7 Å². The molecule has 2 aliphatic heterocycles. The lowest BCUT2D eigenvalue weighted by molar-refractivity contribution is -0.138. The summed E-state index contributed by atoms with van der Waals surface area (Å²) in [5, 5.41) is 2.89. The molecule has 5 rings (SSSR count). The number of halogens is 2. The number of hydrazine groups is 2. The van der Waals surface area contributed by atoms with Gasteiger partial charge in [-0.25, -0.2) is 14.4 Å². The molecule has 3 aromatic rings. The zero-order chi connectivity index (χ0) is 26.1. The summed E-state index contributed by atoms with van der Waals surface area (Å²) in [6.45, 7) is 3.55. The van der Waals surface area contributed by atoms with E-state index in [1.54, 1.807) is 35.3 Å². The highest BCUT2D eigenvalue weighted by atomic mass is 19.1. The van der Waals surface area contributed by atoms with Gasteiger partial charge in [0.25, 0.3) is 0 Å². The standard InChI is InChI=1S/C25H28F2N8O2/c1-14(2)17-6-7-18(30-24(17)27)22(23-19-5-3-4-8-34(19)13-28-23)31-25(37)20-9-15(26)12-35(20)21(36)10-16-11-29-33-32-16/h3-8,11,13-15,20,22,29,32-33H,9-10,12H2,1-2H3,(H,31,37)/t15-,20+,22?/m1/s1. The number of imidazole rings is 1. The number of likely N-dealkylation sites (tertiary alicyclic amines) is 1. The van der Waals surface area contributed by atoms with Crippen LogP contribution >= 0.6 is 0 Å². The van der Waals surface area contributed by atoms with Crippen molar-refractivity contribution in [1.29, 1.82) is 0 Å². The van der Waals surface area contributed by atoms with Gasteiger partial charge in [-0.2, -0.15) is 9.93 Å². The zero-order valence-corrected chi connectivity index (χ0v) is 20.4. The van der Waals surface area contributed by atoms with Crippen LogP contribution in [-0.4, -0.2) is 49.8 Å². The molecule has 2 amide bonds. The summed E-state index contributed by atoms with van der Waals surface area (Å²) in [6, 6.07) is 6.85. The predicted octanol–water partition coefficient (Wildman–Crippen LogP) is 1.98. The molecule has 0 aromatic carbocycles. The molecule has 0 aliphatic carbocycles. The Hall–Kier alpha value is -4.06. The molecule has 0 spiro atoms. The quantitative estimate of drug-likeness (QED) is 0.359. The van der Waals surface area contributed by atoms with Crippen LogP contribution in [0.3, 0.4) is 0 Å². The van der Waals surface area contributed by atoms with Crippen LogP contribution in [0.2, 0.25) is 0 Å². The number of hydrogen-bond donors (Lipinski definition) is 4. The van der Waals surface area contributed by atoms with Gasteiger partial charge in [0.05, 0.1) is 41.9 Å². The van der Waals surface area contributed by atoms with Crippen molar-refractivity contribution in [3.63, 3.8) is 0 Å². The van der Waals surface area contributed by atoms with Gasteiger partial charge in [-0.05, 0) is 24.1 Å². The lowest BCUT2D eigenvalue weighted by Crippen LogP contribution is -2.47. The average molecular weight is 511 g/mol. The number of carbonyl (C=O) groups excluding carboxylic acids is 2. The number of pyridine rings is 2. The number of nitrogens with one attached hydrogen (secondary N) is 4. The highest BCUT2D eigenvalue weighted by Gasteiger charge is 2.41. The molecule has 0 saturated carbocycles. The molecule has 10 nitrogen and oxygen atoms in total. The molecule has 0 bridgehead atoms. The monoisotopic (exact) mass is 510 g/mol. The summed E-state index contributed by atoms with van der Waals surface area (Å²) in [7, 11) is 0. The van der Waals surface area contributed by atoms with E-state index < -0.39 is 30.1 Å². The highest BCUT2D eigenvalue weighted by molar-refractivity contribution is 5.89. The third-order valence-corrected chi connectivity index (χ3v) is 6.61. The van der Waals surface area contributed by atoms with Gasteiger partial charge in [-0.1, -0.05) is 26.0 Å².